The van der Waals surface area contributed by atoms with E-state index in [0.29, 0.717) is 40.2 Å². The molecule has 0 aliphatic carbocycles. The van der Waals surface area contributed by atoms with Crippen molar-refractivity contribution in [3.8, 4) is 11.8 Å². The molecule has 1 amide bonds. The molecule has 1 saturated heterocycles. The lowest BCUT2D eigenvalue weighted by atomic mass is 10.2. The highest BCUT2D eigenvalue weighted by Gasteiger charge is 2.39. The summed E-state index contributed by atoms with van der Waals surface area (Å²) >= 11 is 2.95. The maximum atomic E-state index is 13.9. The molecule has 7 nitrogen and oxygen atoms in total. The molecule has 37 heavy (non-hydrogen) atoms. The lowest BCUT2D eigenvalue weighted by Gasteiger charge is -2.18. The molecule has 186 valence electrons. The van der Waals surface area contributed by atoms with Crippen LogP contribution in [0.1, 0.15) is 18.1 Å². The topological polar surface area (TPSA) is 81.0 Å². The van der Waals surface area contributed by atoms with E-state index in [0.717, 1.165) is 26.9 Å². The van der Waals surface area contributed by atoms with Crippen molar-refractivity contribution in [2.75, 3.05) is 30.9 Å². The first-order valence-electron chi connectivity index (χ1n) is 11.8. The standard InChI is InChI=1S/C28H25N5O2S2/c1-4-30-20-14-13-18(16-29)15-21(20)31-28-33(17-19-9-5-7-11-23(19)35-3)26(34)25(37-28)27-32(2)22-10-6-8-12-24(22)36-27/h5-15,30H,4,17H2,1-3H3/b27-25-,31-28-. The average molecular weight is 528 g/mol. The summed E-state index contributed by atoms with van der Waals surface area (Å²) in [5, 5.41) is 14.2. The molecule has 1 N–H and O–H groups in total. The first kappa shape index (κ1) is 24.8. The molecule has 0 atom stereocenters. The second-order valence-corrected chi connectivity index (χ2v) is 10.3. The number of methoxy groups -OCH3 is 1. The number of benzene rings is 3. The van der Waals surface area contributed by atoms with Gasteiger partial charge in [-0.15, -0.1) is 0 Å². The van der Waals surface area contributed by atoms with E-state index in [1.165, 1.54) is 11.8 Å². The van der Waals surface area contributed by atoms with Crippen LogP contribution >= 0.6 is 23.5 Å². The third-order valence-electron chi connectivity index (χ3n) is 6.03. The molecule has 9 heteroatoms. The molecule has 5 rings (SSSR count). The molecule has 0 bridgehead atoms. The number of hydrogen-bond acceptors (Lipinski definition) is 8. The number of hydrogen-bond donors (Lipinski definition) is 1. The second kappa shape index (κ2) is 10.6. The van der Waals surface area contributed by atoms with Gasteiger partial charge in [0.2, 0.25) is 0 Å². The fraction of sp³-hybridized carbons (Fsp3) is 0.179. The quantitative estimate of drug-likeness (QED) is 0.384. The Hall–Kier alpha value is -3.87. The molecule has 1 fully saturated rings. The summed E-state index contributed by atoms with van der Waals surface area (Å²) in [6.45, 7) is 3.02. The number of aliphatic imine (C=N–C) groups is 1. The van der Waals surface area contributed by atoms with Crippen LogP contribution in [0.3, 0.4) is 0 Å². The van der Waals surface area contributed by atoms with Crippen molar-refractivity contribution < 1.29 is 9.53 Å². The summed E-state index contributed by atoms with van der Waals surface area (Å²) < 4.78 is 5.56. The molecule has 2 aliphatic rings. The normalized spacial score (nSPS) is 17.8. The van der Waals surface area contributed by atoms with E-state index in [1.807, 2.05) is 56.4 Å². The highest BCUT2D eigenvalue weighted by Crippen LogP contribution is 2.50. The Bertz CT molecular complexity index is 1480. The van der Waals surface area contributed by atoms with Gasteiger partial charge in [0.1, 0.15) is 10.7 Å². The average Bonchev–Trinajstić information content (AvgIpc) is 3.41. The minimum absolute atomic E-state index is 0.113. The van der Waals surface area contributed by atoms with Crippen LogP contribution in [-0.2, 0) is 11.3 Å². The van der Waals surface area contributed by atoms with Crippen molar-refractivity contribution in [2.24, 2.45) is 4.99 Å². The SMILES string of the molecule is CCNc1ccc(C#N)cc1/N=C1\S/C(=C2\Sc3ccccc3N2C)C(=O)N1Cc1ccccc1OC. The van der Waals surface area contributed by atoms with Gasteiger partial charge in [-0.05, 0) is 55.1 Å². The van der Waals surface area contributed by atoms with E-state index < -0.39 is 0 Å². The number of amidine groups is 1. The van der Waals surface area contributed by atoms with Crippen LogP contribution in [0.5, 0.6) is 5.75 Å². The van der Waals surface area contributed by atoms with Crippen molar-refractivity contribution >= 4 is 51.7 Å². The van der Waals surface area contributed by atoms with Crippen molar-refractivity contribution in [1.29, 1.82) is 5.26 Å². The molecule has 0 radical (unpaired) electrons. The van der Waals surface area contributed by atoms with E-state index in [2.05, 4.69) is 28.4 Å². The molecular weight excluding hydrogens is 502 g/mol. The van der Waals surface area contributed by atoms with Gasteiger partial charge < -0.3 is 15.0 Å². The first-order valence-corrected chi connectivity index (χ1v) is 13.4. The summed E-state index contributed by atoms with van der Waals surface area (Å²) in [5.41, 5.74) is 3.88. The molecule has 3 aromatic carbocycles. The number of ether oxygens (including phenoxy) is 1. The van der Waals surface area contributed by atoms with Gasteiger partial charge in [0.25, 0.3) is 5.91 Å². The molecule has 0 unspecified atom stereocenters. The third-order valence-corrected chi connectivity index (χ3v) is 8.46. The smallest absolute Gasteiger partial charge is 0.269 e. The molecule has 0 saturated carbocycles. The number of carbonyl (C=O) groups excluding carboxylic acids is 1. The number of carbonyl (C=O) groups is 1. The zero-order valence-corrected chi connectivity index (χ0v) is 22.3. The Morgan fingerprint density at radius 1 is 1.08 bits per heavy atom. The minimum atomic E-state index is -0.113. The van der Waals surface area contributed by atoms with Crippen LogP contribution in [0.15, 0.2) is 86.6 Å². The van der Waals surface area contributed by atoms with Gasteiger partial charge in [0.05, 0.1) is 47.4 Å². The number of nitrogens with one attached hydrogen (secondary N) is 1. The first-order chi connectivity index (χ1) is 18.0. The van der Waals surface area contributed by atoms with Gasteiger partial charge in [0, 0.05) is 24.1 Å². The van der Waals surface area contributed by atoms with Gasteiger partial charge in [0.15, 0.2) is 5.17 Å². The number of rotatable bonds is 6. The monoisotopic (exact) mass is 527 g/mol. The maximum Gasteiger partial charge on any atom is 0.269 e. The highest BCUT2D eigenvalue weighted by atomic mass is 32.2. The lowest BCUT2D eigenvalue weighted by Crippen LogP contribution is -2.29. The van der Waals surface area contributed by atoms with Gasteiger partial charge in [-0.25, -0.2) is 4.99 Å². The number of anilines is 2. The fourth-order valence-corrected chi connectivity index (χ4v) is 6.53. The number of fused-ring (bicyclic) bond motifs is 1. The van der Waals surface area contributed by atoms with Crippen molar-refractivity contribution in [3.05, 3.63) is 87.8 Å². The molecule has 0 spiro atoms. The van der Waals surface area contributed by atoms with Crippen LogP contribution in [0.2, 0.25) is 0 Å². The van der Waals surface area contributed by atoms with Crippen LogP contribution in [0.4, 0.5) is 17.1 Å². The number of thioether (sulfide) groups is 2. The fourth-order valence-electron chi connectivity index (χ4n) is 4.20. The molecule has 3 aromatic rings. The molecule has 2 aliphatic heterocycles. The van der Waals surface area contributed by atoms with Gasteiger partial charge in [-0.3, -0.25) is 9.69 Å². The van der Waals surface area contributed by atoms with Crippen LogP contribution in [0, 0.1) is 11.3 Å². The van der Waals surface area contributed by atoms with Crippen LogP contribution in [-0.4, -0.2) is 36.7 Å². The maximum absolute atomic E-state index is 13.9. The predicted octanol–water partition coefficient (Wildman–Crippen LogP) is 6.17. The van der Waals surface area contributed by atoms with E-state index in [1.54, 1.807) is 35.9 Å². The Labute approximate surface area is 224 Å². The number of amides is 1. The molecule has 0 aromatic heterocycles. The van der Waals surface area contributed by atoms with Crippen molar-refractivity contribution in [1.82, 2.24) is 4.90 Å². The van der Waals surface area contributed by atoms with E-state index in [4.69, 9.17) is 9.73 Å². The Morgan fingerprint density at radius 2 is 1.86 bits per heavy atom. The minimum Gasteiger partial charge on any atom is -0.496 e. The zero-order chi connectivity index (χ0) is 25.9. The Kier molecular flexibility index (Phi) is 7.12. The van der Waals surface area contributed by atoms with Gasteiger partial charge >= 0.3 is 0 Å². The second-order valence-electron chi connectivity index (χ2n) is 8.34. The summed E-state index contributed by atoms with van der Waals surface area (Å²) in [6.07, 6.45) is 0. The van der Waals surface area contributed by atoms with E-state index >= 15 is 0 Å². The summed E-state index contributed by atoms with van der Waals surface area (Å²) in [7, 11) is 3.60. The van der Waals surface area contributed by atoms with Gasteiger partial charge in [-0.2, -0.15) is 5.26 Å². The summed E-state index contributed by atoms with van der Waals surface area (Å²) in [6, 6.07) is 23.3. The number of nitrogens with zero attached hydrogens (tertiary/aromatic N) is 4. The Balaban J connectivity index is 1.61. The van der Waals surface area contributed by atoms with Crippen LogP contribution < -0.4 is 15.0 Å². The highest BCUT2D eigenvalue weighted by molar-refractivity contribution is 8.19. The van der Waals surface area contributed by atoms with Crippen LogP contribution in [0.25, 0.3) is 0 Å². The lowest BCUT2D eigenvalue weighted by molar-refractivity contribution is -0.122. The third kappa shape index (κ3) is 4.78. The largest absolute Gasteiger partial charge is 0.496 e. The van der Waals surface area contributed by atoms with E-state index in [9.17, 15) is 10.1 Å². The predicted molar refractivity (Wildman–Crippen MR) is 151 cm³/mol. The summed E-state index contributed by atoms with van der Waals surface area (Å²) in [4.78, 5) is 24.4. The van der Waals surface area contributed by atoms with Crippen molar-refractivity contribution in [2.45, 2.75) is 18.4 Å². The van der Waals surface area contributed by atoms with Gasteiger partial charge in [-0.1, -0.05) is 42.1 Å². The summed E-state index contributed by atoms with van der Waals surface area (Å²) in [5.74, 6) is 0.596. The van der Waals surface area contributed by atoms with E-state index in [-0.39, 0.29) is 5.91 Å². The molecular formula is C28H25N5O2S2. The Morgan fingerprint density at radius 3 is 2.62 bits per heavy atom. The number of para-hydroxylation sites is 2. The zero-order valence-electron chi connectivity index (χ0n) is 20.7. The van der Waals surface area contributed by atoms with Crippen molar-refractivity contribution in [3.63, 3.8) is 0 Å². The number of nitriles is 1. The molecule has 2 heterocycles.